The van der Waals surface area contributed by atoms with Gasteiger partial charge in [-0.15, -0.1) is 0 Å². The largest absolute Gasteiger partial charge is 0.508 e. The molecule has 314 valence electrons. The molecule has 4 aromatic carbocycles. The number of rotatable bonds is 14. The van der Waals surface area contributed by atoms with Gasteiger partial charge in [0.05, 0.1) is 42.6 Å². The monoisotopic (exact) mass is 850 g/mol. The number of aromatic hydroxyl groups is 1. The average molecular weight is 851 g/mol. The predicted octanol–water partition coefficient (Wildman–Crippen LogP) is 5.06. The Labute approximate surface area is 353 Å². The van der Waals surface area contributed by atoms with Gasteiger partial charge in [0.15, 0.2) is 5.82 Å². The number of piperidine rings is 1. The number of benzene rings is 4. The standard InChI is InChI=1S/C44H40ClFN6O9/c45-34-24-33-40(39(46)38(34)31-22-27(53)21-26-5-1-2-6-29(26)31)47-25-48-41(33)51-14-12-50(13-15-51)37(55)7-3-4-16-59-17-18-60-19-20-61-28-8-9-30-32(23-28)44(58)52(43(30)57)35-10-11-36(54)49-42(35)56/h1-3,5-9,21-25,35,53H,4,10-20H2,(H,49,54,56). The maximum absolute atomic E-state index is 16.2. The number of hydrogen-bond donors (Lipinski definition) is 2. The Kier molecular flexibility index (Phi) is 12.2. The smallest absolute Gasteiger partial charge is 0.262 e. The number of ether oxygens (including phenoxy) is 3. The van der Waals surface area contributed by atoms with Crippen LogP contribution in [0.25, 0.3) is 32.8 Å². The quantitative estimate of drug-likeness (QED) is 0.0864. The molecule has 0 saturated carbocycles. The first-order valence-electron chi connectivity index (χ1n) is 19.8. The molecule has 15 nitrogen and oxygen atoms in total. The summed E-state index contributed by atoms with van der Waals surface area (Å²) in [5.41, 5.74) is 1.02. The van der Waals surface area contributed by atoms with Crippen LogP contribution < -0.4 is 15.0 Å². The van der Waals surface area contributed by atoms with E-state index < -0.39 is 35.5 Å². The molecular formula is C44H40ClFN6O9. The van der Waals surface area contributed by atoms with E-state index >= 15 is 4.39 Å². The molecule has 1 unspecified atom stereocenters. The molecule has 0 radical (unpaired) electrons. The zero-order chi connectivity index (χ0) is 42.6. The van der Waals surface area contributed by atoms with Gasteiger partial charge in [-0.1, -0.05) is 41.9 Å². The van der Waals surface area contributed by atoms with Crippen molar-refractivity contribution in [2.45, 2.75) is 25.3 Å². The van der Waals surface area contributed by atoms with Gasteiger partial charge in [0.25, 0.3) is 11.8 Å². The summed E-state index contributed by atoms with van der Waals surface area (Å²) in [6.45, 7) is 3.26. The lowest BCUT2D eigenvalue weighted by molar-refractivity contribution is -0.136. The Bertz CT molecular complexity index is 2600. The number of carbonyl (C=O) groups is 5. The van der Waals surface area contributed by atoms with E-state index in [4.69, 9.17) is 25.8 Å². The molecule has 0 bridgehead atoms. The molecule has 17 heteroatoms. The van der Waals surface area contributed by atoms with Crippen LogP contribution >= 0.6 is 11.6 Å². The first-order valence-corrected chi connectivity index (χ1v) is 20.2. The fourth-order valence-corrected chi connectivity index (χ4v) is 8.07. The number of amides is 5. The van der Waals surface area contributed by atoms with Crippen molar-refractivity contribution < 1.29 is 47.7 Å². The molecular weight excluding hydrogens is 811 g/mol. The van der Waals surface area contributed by atoms with Crippen molar-refractivity contribution in [2.24, 2.45) is 0 Å². The minimum Gasteiger partial charge on any atom is -0.508 e. The van der Waals surface area contributed by atoms with Crippen LogP contribution in [0.2, 0.25) is 5.02 Å². The molecule has 5 aromatic rings. The molecule has 2 fully saturated rings. The highest BCUT2D eigenvalue weighted by atomic mass is 35.5. The summed E-state index contributed by atoms with van der Waals surface area (Å²) in [6, 6.07) is 15.6. The van der Waals surface area contributed by atoms with Crippen molar-refractivity contribution in [3.63, 3.8) is 0 Å². The summed E-state index contributed by atoms with van der Waals surface area (Å²) < 4.78 is 33.1. The molecule has 2 saturated heterocycles. The van der Waals surface area contributed by atoms with Gasteiger partial charge in [-0.25, -0.2) is 14.4 Å². The third-order valence-electron chi connectivity index (χ3n) is 10.8. The summed E-state index contributed by atoms with van der Waals surface area (Å²) >= 11 is 6.74. The van der Waals surface area contributed by atoms with Crippen molar-refractivity contribution in [2.75, 3.05) is 64.1 Å². The fraction of sp³-hybridized carbons (Fsp3) is 0.295. The molecule has 5 amide bonds. The van der Waals surface area contributed by atoms with Gasteiger partial charge in [-0.2, -0.15) is 0 Å². The van der Waals surface area contributed by atoms with E-state index in [0.29, 0.717) is 74.9 Å². The number of phenols is 1. The Morgan fingerprint density at radius 2 is 1.62 bits per heavy atom. The van der Waals surface area contributed by atoms with Crippen molar-refractivity contribution in [1.29, 1.82) is 0 Å². The zero-order valence-corrected chi connectivity index (χ0v) is 33.5. The number of carbonyl (C=O) groups excluding carboxylic acids is 5. The SMILES string of the molecule is O=C1CCC(N2C(=O)c3ccc(OCCOCCOCCC=CC(=O)N4CCN(c5ncnc6c(F)c(-c7cc(O)cc8ccccc78)c(Cl)cc56)CC4)cc3C2=O)C(=O)N1. The van der Waals surface area contributed by atoms with Crippen LogP contribution in [0.1, 0.15) is 40.0 Å². The van der Waals surface area contributed by atoms with Gasteiger partial charge in [0.1, 0.15) is 41.8 Å². The molecule has 3 aliphatic rings. The lowest BCUT2D eigenvalue weighted by Gasteiger charge is -2.35. The number of nitrogens with one attached hydrogen (secondary N) is 1. The number of piperazine rings is 1. The first-order chi connectivity index (χ1) is 29.6. The third-order valence-corrected chi connectivity index (χ3v) is 11.1. The molecule has 1 atom stereocenters. The van der Waals surface area contributed by atoms with Crippen LogP contribution in [0.15, 0.2) is 79.1 Å². The average Bonchev–Trinajstić information content (AvgIpc) is 3.50. The molecule has 3 aliphatic heterocycles. The van der Waals surface area contributed by atoms with Crippen LogP contribution in [0, 0.1) is 5.82 Å². The molecule has 61 heavy (non-hydrogen) atoms. The number of imide groups is 2. The zero-order valence-electron chi connectivity index (χ0n) is 32.8. The van der Waals surface area contributed by atoms with Crippen molar-refractivity contribution in [3.8, 4) is 22.6 Å². The first kappa shape index (κ1) is 41.3. The Balaban J connectivity index is 0.741. The summed E-state index contributed by atoms with van der Waals surface area (Å²) in [4.78, 5) is 75.9. The number of halogens is 2. The number of nitrogens with zero attached hydrogens (tertiary/aromatic N) is 5. The Morgan fingerprint density at radius 1 is 0.869 bits per heavy atom. The summed E-state index contributed by atoms with van der Waals surface area (Å²) in [5.74, 6) is -2.16. The minimum atomic E-state index is -1.04. The number of phenolic OH excluding ortho intramolecular Hbond substituents is 1. The highest BCUT2D eigenvalue weighted by molar-refractivity contribution is 6.35. The maximum Gasteiger partial charge on any atom is 0.262 e. The van der Waals surface area contributed by atoms with Crippen LogP contribution in [-0.4, -0.2) is 120 Å². The summed E-state index contributed by atoms with van der Waals surface area (Å²) in [5, 5.41) is 14.7. The highest BCUT2D eigenvalue weighted by Crippen LogP contribution is 2.42. The van der Waals surface area contributed by atoms with Crippen LogP contribution in [0.5, 0.6) is 11.5 Å². The Morgan fingerprint density at radius 3 is 2.43 bits per heavy atom. The summed E-state index contributed by atoms with van der Waals surface area (Å²) in [6.07, 6.45) is 5.26. The molecule has 4 heterocycles. The van der Waals surface area contributed by atoms with Gasteiger partial charge < -0.3 is 29.1 Å². The van der Waals surface area contributed by atoms with E-state index in [9.17, 15) is 29.1 Å². The van der Waals surface area contributed by atoms with Crippen molar-refractivity contribution in [1.82, 2.24) is 25.1 Å². The van der Waals surface area contributed by atoms with E-state index in [-0.39, 0.29) is 64.9 Å². The predicted molar refractivity (Wildman–Crippen MR) is 222 cm³/mol. The molecule has 2 N–H and O–H groups in total. The van der Waals surface area contributed by atoms with Gasteiger partial charge in [-0.05, 0) is 71.7 Å². The van der Waals surface area contributed by atoms with E-state index in [0.717, 1.165) is 15.7 Å². The van der Waals surface area contributed by atoms with E-state index in [1.54, 1.807) is 29.2 Å². The fourth-order valence-electron chi connectivity index (χ4n) is 7.78. The third kappa shape index (κ3) is 8.60. The second-order valence-electron chi connectivity index (χ2n) is 14.6. The van der Waals surface area contributed by atoms with Gasteiger partial charge in [0.2, 0.25) is 17.7 Å². The Hall–Kier alpha value is -6.49. The van der Waals surface area contributed by atoms with Crippen molar-refractivity contribution >= 4 is 68.6 Å². The van der Waals surface area contributed by atoms with E-state index in [1.807, 2.05) is 29.2 Å². The lowest BCUT2D eigenvalue weighted by atomic mass is 9.96. The van der Waals surface area contributed by atoms with Crippen LogP contribution in [-0.2, 0) is 23.9 Å². The second-order valence-corrected chi connectivity index (χ2v) is 15.0. The lowest BCUT2D eigenvalue weighted by Crippen LogP contribution is -2.54. The van der Waals surface area contributed by atoms with E-state index in [1.165, 1.54) is 30.6 Å². The molecule has 0 spiro atoms. The van der Waals surface area contributed by atoms with Gasteiger partial charge >= 0.3 is 0 Å². The topological polar surface area (TPSA) is 181 Å². The number of hydrogen-bond acceptors (Lipinski definition) is 12. The number of aromatic nitrogens is 2. The summed E-state index contributed by atoms with van der Waals surface area (Å²) in [7, 11) is 0. The van der Waals surface area contributed by atoms with E-state index in [2.05, 4.69) is 15.3 Å². The molecule has 8 rings (SSSR count). The normalized spacial score (nSPS) is 16.9. The molecule has 1 aromatic heterocycles. The van der Waals surface area contributed by atoms with Crippen molar-refractivity contribution in [3.05, 3.63) is 101 Å². The number of fused-ring (bicyclic) bond motifs is 3. The molecule has 0 aliphatic carbocycles. The van der Waals surface area contributed by atoms with Crippen LogP contribution in [0.4, 0.5) is 10.2 Å². The second kappa shape index (κ2) is 18.0. The number of anilines is 1. The van der Waals surface area contributed by atoms with Crippen LogP contribution in [0.3, 0.4) is 0 Å². The minimum absolute atomic E-state index is 0.00706. The van der Waals surface area contributed by atoms with Gasteiger partial charge in [0, 0.05) is 43.5 Å². The maximum atomic E-state index is 16.2. The van der Waals surface area contributed by atoms with Gasteiger partial charge in [-0.3, -0.25) is 34.2 Å². The highest BCUT2D eigenvalue weighted by Gasteiger charge is 2.44.